The van der Waals surface area contributed by atoms with Crippen LogP contribution in [0.1, 0.15) is 147 Å². The van der Waals surface area contributed by atoms with Gasteiger partial charge < -0.3 is 38.9 Å². The number of unbranched alkanes of at least 4 members (excludes halogenated alkanes) is 10. The van der Waals surface area contributed by atoms with E-state index in [-0.39, 0.29) is 49.4 Å². The number of fused-ring (bicyclic) bond motifs is 2. The Labute approximate surface area is 388 Å². The number of amides is 1. The summed E-state index contributed by atoms with van der Waals surface area (Å²) in [7, 11) is 1.91. The highest BCUT2D eigenvalue weighted by atomic mass is 32.2. The molecule has 1 saturated heterocycles. The smallest absolute Gasteiger partial charge is 0.239 e. The molecule has 2 aliphatic heterocycles. The van der Waals surface area contributed by atoms with Crippen molar-refractivity contribution in [1.29, 1.82) is 0 Å². The molecule has 2 N–H and O–H groups in total. The summed E-state index contributed by atoms with van der Waals surface area (Å²) in [6.45, 7) is 8.02. The molecule has 64 heavy (non-hydrogen) atoms. The lowest BCUT2D eigenvalue weighted by atomic mass is 9.55. The van der Waals surface area contributed by atoms with Gasteiger partial charge in [-0.05, 0) is 92.7 Å². The molecule has 1 saturated carbocycles. The highest BCUT2D eigenvalue weighted by Gasteiger charge is 2.65. The lowest BCUT2D eigenvalue weighted by molar-refractivity contribution is -0.256. The van der Waals surface area contributed by atoms with E-state index in [4.69, 9.17) is 28.9 Å². The number of rotatable bonds is 29. The number of aliphatic hydroxyl groups excluding tert-OH is 2. The third-order valence-electron chi connectivity index (χ3n) is 13.8. The molecule has 2 aliphatic carbocycles. The molecule has 1 unspecified atom stereocenters. The molecule has 7 atom stereocenters. The highest BCUT2D eigenvalue weighted by molar-refractivity contribution is 7.99. The van der Waals surface area contributed by atoms with Crippen LogP contribution in [-0.4, -0.2) is 90.7 Å². The minimum Gasteiger partial charge on any atom is -0.493 e. The average Bonchev–Trinajstić information content (AvgIpc) is 3.32. The van der Waals surface area contributed by atoms with E-state index in [1.807, 2.05) is 30.1 Å². The average molecular weight is 903 g/mol. The van der Waals surface area contributed by atoms with E-state index in [0.29, 0.717) is 32.5 Å². The van der Waals surface area contributed by atoms with Crippen molar-refractivity contribution in [3.8, 4) is 11.5 Å². The molecule has 2 fully saturated rings. The number of hydrogen-bond acceptors (Lipinski definition) is 10. The van der Waals surface area contributed by atoms with E-state index < -0.39 is 18.1 Å². The summed E-state index contributed by atoms with van der Waals surface area (Å²) in [6.07, 6.45) is 22.9. The van der Waals surface area contributed by atoms with Crippen LogP contribution in [0.2, 0.25) is 0 Å². The molecule has 6 rings (SSSR count). The van der Waals surface area contributed by atoms with Gasteiger partial charge in [-0.15, -0.1) is 18.3 Å². The SMILES string of the molecule is C=CCO[C@@]12Oc3ccc(OCCSc4ccccc4)cc3[C@H]3[C@H](CCCCO)[C@@H](CCCCO)C=C(C(=NOC4CCCCO4)C[C@@H]1N(C)C(=O)CCCCCCCCCCC)[C@H]32. The zero-order chi connectivity index (χ0) is 45.0. The summed E-state index contributed by atoms with van der Waals surface area (Å²) >= 11 is 1.77. The summed E-state index contributed by atoms with van der Waals surface area (Å²) in [5.41, 5.74) is 2.89. The third kappa shape index (κ3) is 13.4. The number of nitrogens with zero attached hydrogens (tertiary/aromatic N) is 2. The number of carbonyl (C=O) groups is 1. The first-order valence-electron chi connectivity index (χ1n) is 24.9. The minimum atomic E-state index is -1.26. The molecule has 11 heteroatoms. The Morgan fingerprint density at radius 2 is 1.70 bits per heavy atom. The Morgan fingerprint density at radius 1 is 0.953 bits per heavy atom. The fourth-order valence-electron chi connectivity index (χ4n) is 10.5. The van der Waals surface area contributed by atoms with E-state index in [1.54, 1.807) is 17.8 Å². The molecule has 2 aromatic carbocycles. The molecule has 0 radical (unpaired) electrons. The van der Waals surface area contributed by atoms with Gasteiger partial charge in [-0.1, -0.05) is 107 Å². The number of benzene rings is 2. The lowest BCUT2D eigenvalue weighted by Gasteiger charge is -2.59. The van der Waals surface area contributed by atoms with Crippen LogP contribution in [0.5, 0.6) is 11.5 Å². The maximum absolute atomic E-state index is 14.5. The molecule has 1 amide bonds. The third-order valence-corrected chi connectivity index (χ3v) is 14.8. The van der Waals surface area contributed by atoms with Crippen LogP contribution >= 0.6 is 11.8 Å². The van der Waals surface area contributed by atoms with E-state index in [1.165, 1.54) is 43.4 Å². The number of ether oxygens (including phenoxy) is 4. The predicted octanol–water partition coefficient (Wildman–Crippen LogP) is 11.4. The van der Waals surface area contributed by atoms with Gasteiger partial charge in [-0.2, -0.15) is 0 Å². The van der Waals surface area contributed by atoms with Gasteiger partial charge in [0, 0.05) is 61.7 Å². The van der Waals surface area contributed by atoms with Crippen LogP contribution in [0.3, 0.4) is 0 Å². The van der Waals surface area contributed by atoms with Gasteiger partial charge in [0.25, 0.3) is 0 Å². The van der Waals surface area contributed by atoms with Crippen molar-refractivity contribution in [2.75, 3.05) is 45.8 Å². The minimum absolute atomic E-state index is 0.0677. The van der Waals surface area contributed by atoms with Crippen LogP contribution in [0.4, 0.5) is 0 Å². The zero-order valence-electron chi connectivity index (χ0n) is 39.0. The largest absolute Gasteiger partial charge is 0.493 e. The van der Waals surface area contributed by atoms with Gasteiger partial charge in [0.05, 0.1) is 31.5 Å². The van der Waals surface area contributed by atoms with Crippen LogP contribution < -0.4 is 9.47 Å². The fourth-order valence-corrected chi connectivity index (χ4v) is 11.3. The van der Waals surface area contributed by atoms with Gasteiger partial charge in [0.2, 0.25) is 18.0 Å². The zero-order valence-corrected chi connectivity index (χ0v) is 39.8. The second-order valence-corrected chi connectivity index (χ2v) is 19.4. The number of thioether (sulfide) groups is 1. The number of aliphatic hydroxyl groups is 2. The summed E-state index contributed by atoms with van der Waals surface area (Å²) in [5.74, 6) is 0.955. The summed E-state index contributed by atoms with van der Waals surface area (Å²) in [6, 6.07) is 16.0. The molecule has 0 spiro atoms. The molecule has 0 bridgehead atoms. The second-order valence-electron chi connectivity index (χ2n) is 18.3. The molecule has 4 aliphatic rings. The Kier molecular flexibility index (Phi) is 20.9. The van der Waals surface area contributed by atoms with E-state index in [2.05, 4.69) is 49.9 Å². The van der Waals surface area contributed by atoms with Crippen LogP contribution in [0.15, 0.2) is 82.9 Å². The first-order chi connectivity index (χ1) is 31.4. The molecule has 354 valence electrons. The van der Waals surface area contributed by atoms with Gasteiger partial charge in [0.1, 0.15) is 17.5 Å². The van der Waals surface area contributed by atoms with Crippen molar-refractivity contribution in [2.24, 2.45) is 22.9 Å². The van der Waals surface area contributed by atoms with Crippen LogP contribution in [0.25, 0.3) is 0 Å². The molecular weight excluding hydrogens is 825 g/mol. The Morgan fingerprint density at radius 3 is 2.42 bits per heavy atom. The molecule has 2 heterocycles. The quantitative estimate of drug-likeness (QED) is 0.0356. The van der Waals surface area contributed by atoms with Gasteiger partial charge >= 0.3 is 0 Å². The van der Waals surface area contributed by atoms with Crippen molar-refractivity contribution in [2.45, 2.75) is 164 Å². The molecular formula is C53H78N2O8S. The van der Waals surface area contributed by atoms with Crippen LogP contribution in [0, 0.1) is 17.8 Å². The topological polar surface area (TPSA) is 119 Å². The first kappa shape index (κ1) is 50.1. The number of allylic oxidation sites excluding steroid dienone is 1. The number of likely N-dealkylation sites (N-methyl/N-ethyl adjacent to an activating group) is 1. The molecule has 10 nitrogen and oxygen atoms in total. The van der Waals surface area contributed by atoms with E-state index >= 15 is 0 Å². The Balaban J connectivity index is 1.38. The standard InChI is InChI=1S/C53H78N2O8S/c1-4-6-7-8-9-10-11-12-16-27-49(58)55(3)48-39-46(54-63-50-28-19-22-34-60-50)44-37-40(23-17-20-31-56)43(26-18-21-32-57)51-45-38-41(59-35-36-64-42-24-14-13-15-25-42)29-30-47(45)62-53(48,52(44)51)61-33-5-2/h5,13-15,24-25,29-30,37-38,40,43,48,50-52,56-57H,2,4,6-12,16-23,26-28,31-36,39H2,1,3H3/t40-,43+,48-,50?,51+,52+,53+/m0/s1. The Bertz CT molecular complexity index is 1770. The van der Waals surface area contributed by atoms with E-state index in [9.17, 15) is 15.0 Å². The van der Waals surface area contributed by atoms with Gasteiger partial charge in [-0.3, -0.25) is 4.79 Å². The number of carbonyl (C=O) groups excluding carboxylic acids is 1. The maximum Gasteiger partial charge on any atom is 0.239 e. The summed E-state index contributed by atoms with van der Waals surface area (Å²) in [4.78, 5) is 23.8. The van der Waals surface area contributed by atoms with Crippen LogP contribution in [-0.2, 0) is 19.1 Å². The van der Waals surface area contributed by atoms with Crippen molar-refractivity contribution in [1.82, 2.24) is 4.90 Å². The molecule has 0 aromatic heterocycles. The molecule has 2 aromatic rings. The monoisotopic (exact) mass is 903 g/mol. The maximum atomic E-state index is 14.5. The Hall–Kier alpha value is -3.35. The normalized spacial score (nSPS) is 25.4. The number of oxime groups is 1. The predicted molar refractivity (Wildman–Crippen MR) is 257 cm³/mol. The van der Waals surface area contributed by atoms with Gasteiger partial charge in [-0.25, -0.2) is 0 Å². The lowest BCUT2D eigenvalue weighted by Crippen LogP contribution is -2.69. The highest BCUT2D eigenvalue weighted by Crippen LogP contribution is 2.62. The van der Waals surface area contributed by atoms with Crippen molar-refractivity contribution in [3.05, 3.63) is 78.4 Å². The first-order valence-corrected chi connectivity index (χ1v) is 25.8. The summed E-state index contributed by atoms with van der Waals surface area (Å²) < 4.78 is 27.0. The van der Waals surface area contributed by atoms with Crippen molar-refractivity contribution >= 4 is 23.4 Å². The fraction of sp³-hybridized carbons (Fsp3) is 0.660. The van der Waals surface area contributed by atoms with E-state index in [0.717, 1.165) is 105 Å². The van der Waals surface area contributed by atoms with Crippen molar-refractivity contribution in [3.63, 3.8) is 0 Å². The summed E-state index contributed by atoms with van der Waals surface area (Å²) in [5, 5.41) is 24.9. The van der Waals surface area contributed by atoms with Gasteiger partial charge in [0.15, 0.2) is 0 Å². The van der Waals surface area contributed by atoms with Crippen molar-refractivity contribution < 1.29 is 38.8 Å². The number of hydrogen-bond donors (Lipinski definition) is 2. The second kappa shape index (κ2) is 26.7.